The molecule has 6 nitrogen and oxygen atoms in total. The zero-order chi connectivity index (χ0) is 18.7. The molecule has 0 spiro atoms. The first-order chi connectivity index (χ1) is 13.3. The molecule has 0 amide bonds. The number of guanidine groups is 1. The second-order valence-corrected chi connectivity index (χ2v) is 7.79. The van der Waals surface area contributed by atoms with Crippen LogP contribution >= 0.6 is 24.0 Å². The van der Waals surface area contributed by atoms with Crippen molar-refractivity contribution in [2.75, 3.05) is 39.9 Å². The Labute approximate surface area is 186 Å². The van der Waals surface area contributed by atoms with Gasteiger partial charge < -0.3 is 24.7 Å². The molecule has 0 bridgehead atoms. The Morgan fingerprint density at radius 3 is 2.54 bits per heavy atom. The fourth-order valence-corrected chi connectivity index (χ4v) is 4.06. The van der Waals surface area contributed by atoms with Crippen molar-refractivity contribution in [2.45, 2.75) is 63.5 Å². The molecule has 1 saturated heterocycles. The van der Waals surface area contributed by atoms with Crippen LogP contribution in [0.3, 0.4) is 0 Å². The summed E-state index contributed by atoms with van der Waals surface area (Å²) in [6.07, 6.45) is 11.2. The number of methoxy groups -OCH3 is 1. The number of hydrogen-bond donors (Lipinski definition) is 2. The van der Waals surface area contributed by atoms with Gasteiger partial charge in [-0.05, 0) is 44.2 Å². The first-order valence-electron chi connectivity index (χ1n) is 10.6. The van der Waals surface area contributed by atoms with Crippen LogP contribution in [0.15, 0.2) is 27.8 Å². The van der Waals surface area contributed by atoms with Crippen LogP contribution in [0.2, 0.25) is 0 Å². The molecule has 0 aromatic carbocycles. The molecule has 28 heavy (non-hydrogen) atoms. The third-order valence-electron chi connectivity index (χ3n) is 5.66. The predicted octanol–water partition coefficient (Wildman–Crippen LogP) is 3.42. The molecule has 3 rings (SSSR count). The first-order valence-corrected chi connectivity index (χ1v) is 10.6. The average Bonchev–Trinajstić information content (AvgIpc) is 3.37. The Hall–Kier alpha value is -0.800. The van der Waals surface area contributed by atoms with E-state index >= 15 is 0 Å². The van der Waals surface area contributed by atoms with Gasteiger partial charge in [-0.2, -0.15) is 0 Å². The summed E-state index contributed by atoms with van der Waals surface area (Å²) in [6.45, 7) is 5.07. The van der Waals surface area contributed by atoms with Crippen molar-refractivity contribution in [1.29, 1.82) is 0 Å². The quantitative estimate of drug-likeness (QED) is 0.234. The van der Waals surface area contributed by atoms with E-state index in [1.165, 1.54) is 38.5 Å². The molecule has 1 saturated carbocycles. The minimum atomic E-state index is 0. The maximum Gasteiger partial charge on any atom is 0.191 e. The van der Waals surface area contributed by atoms with Crippen LogP contribution in [0.25, 0.3) is 0 Å². The lowest BCUT2D eigenvalue weighted by Crippen LogP contribution is -2.50. The largest absolute Gasteiger partial charge is 0.469 e. The van der Waals surface area contributed by atoms with E-state index < -0.39 is 0 Å². The molecule has 160 valence electrons. The second kappa shape index (κ2) is 13.4. The molecule has 1 aliphatic heterocycles. The summed E-state index contributed by atoms with van der Waals surface area (Å²) >= 11 is 0. The third kappa shape index (κ3) is 8.29. The van der Waals surface area contributed by atoms with Gasteiger partial charge in [0.25, 0.3) is 0 Å². The van der Waals surface area contributed by atoms with Gasteiger partial charge >= 0.3 is 0 Å². The van der Waals surface area contributed by atoms with Crippen LogP contribution in [0.5, 0.6) is 0 Å². The molecular weight excluding hydrogens is 467 g/mol. The molecule has 2 heterocycles. The summed E-state index contributed by atoms with van der Waals surface area (Å²) < 4.78 is 10.6. The van der Waals surface area contributed by atoms with Gasteiger partial charge in [0.05, 0.1) is 6.26 Å². The zero-order valence-corrected chi connectivity index (χ0v) is 19.5. The van der Waals surface area contributed by atoms with Crippen molar-refractivity contribution in [3.05, 3.63) is 24.2 Å². The van der Waals surface area contributed by atoms with Gasteiger partial charge in [-0.3, -0.25) is 4.99 Å². The van der Waals surface area contributed by atoms with Crippen LogP contribution in [0, 0.1) is 0 Å². The van der Waals surface area contributed by atoms with E-state index in [9.17, 15) is 0 Å². The highest BCUT2D eigenvalue weighted by Gasteiger charge is 2.22. The van der Waals surface area contributed by atoms with Crippen molar-refractivity contribution in [3.8, 4) is 0 Å². The molecule has 2 N–H and O–H groups in total. The van der Waals surface area contributed by atoms with Gasteiger partial charge in [0.1, 0.15) is 5.76 Å². The molecule has 1 aromatic rings. The van der Waals surface area contributed by atoms with Crippen LogP contribution in [0.4, 0.5) is 0 Å². The zero-order valence-electron chi connectivity index (χ0n) is 17.2. The number of halogens is 1. The summed E-state index contributed by atoms with van der Waals surface area (Å²) in [5, 5.41) is 7.38. The minimum absolute atomic E-state index is 0. The molecule has 0 atom stereocenters. The lowest BCUT2D eigenvalue weighted by atomic mass is 10.1. The Balaban J connectivity index is 0.00000280. The molecular formula is C21H37IN4O2. The van der Waals surface area contributed by atoms with Gasteiger partial charge in [0, 0.05) is 58.4 Å². The fraction of sp³-hybridized carbons (Fsp3) is 0.762. The number of aliphatic imine (C=N–C) groups is 1. The van der Waals surface area contributed by atoms with Crippen molar-refractivity contribution in [3.63, 3.8) is 0 Å². The Morgan fingerprint density at radius 1 is 1.18 bits per heavy atom. The number of furan rings is 1. The summed E-state index contributed by atoms with van der Waals surface area (Å²) in [6, 6.07) is 5.05. The van der Waals surface area contributed by atoms with Crippen LogP contribution in [-0.2, 0) is 11.2 Å². The summed E-state index contributed by atoms with van der Waals surface area (Å²) in [4.78, 5) is 7.39. The number of hydrogen-bond acceptors (Lipinski definition) is 4. The standard InChI is InChI=1S/C21H36N4O2.HI/c1-26-16-5-13-25-14-10-19(11-15-25)24-21(23-18-6-2-3-7-18)22-12-9-20-8-4-17-27-20;/h4,8,17-19H,2-3,5-7,9-16H2,1H3,(H2,22,23,24);1H. The molecule has 0 unspecified atom stereocenters. The number of nitrogens with zero attached hydrogens (tertiary/aromatic N) is 2. The summed E-state index contributed by atoms with van der Waals surface area (Å²) in [7, 11) is 1.78. The molecule has 2 aliphatic rings. The molecule has 1 aliphatic carbocycles. The normalized spacial score (nSPS) is 19.5. The Bertz CT molecular complexity index is 539. The fourth-order valence-electron chi connectivity index (χ4n) is 4.06. The second-order valence-electron chi connectivity index (χ2n) is 7.79. The highest BCUT2D eigenvalue weighted by atomic mass is 127. The lowest BCUT2D eigenvalue weighted by molar-refractivity contribution is 0.155. The predicted molar refractivity (Wildman–Crippen MR) is 125 cm³/mol. The van der Waals surface area contributed by atoms with Crippen LogP contribution in [-0.4, -0.2) is 62.8 Å². The number of ether oxygens (including phenoxy) is 1. The molecule has 7 heteroatoms. The first kappa shape index (κ1) is 23.5. The molecule has 0 radical (unpaired) electrons. The van der Waals surface area contributed by atoms with Gasteiger partial charge in [0.15, 0.2) is 5.96 Å². The number of nitrogens with one attached hydrogen (secondary N) is 2. The summed E-state index contributed by atoms with van der Waals surface area (Å²) in [5.74, 6) is 2.00. The van der Waals surface area contributed by atoms with E-state index in [0.29, 0.717) is 12.1 Å². The maximum absolute atomic E-state index is 5.43. The summed E-state index contributed by atoms with van der Waals surface area (Å²) in [5.41, 5.74) is 0. The maximum atomic E-state index is 5.43. The molecule has 1 aromatic heterocycles. The van der Waals surface area contributed by atoms with Gasteiger partial charge in [0.2, 0.25) is 0 Å². The van der Waals surface area contributed by atoms with Crippen LogP contribution in [0.1, 0.15) is 50.7 Å². The SMILES string of the molecule is COCCCN1CCC(NC(=NCCc2ccco2)NC2CCCC2)CC1.I. The minimum Gasteiger partial charge on any atom is -0.469 e. The number of rotatable bonds is 9. The monoisotopic (exact) mass is 504 g/mol. The van der Waals surface area contributed by atoms with Gasteiger partial charge in [-0.25, -0.2) is 0 Å². The topological polar surface area (TPSA) is 62.0 Å². The average molecular weight is 504 g/mol. The van der Waals surface area contributed by atoms with Crippen molar-refractivity contribution in [2.24, 2.45) is 4.99 Å². The number of piperidine rings is 1. The molecule has 2 fully saturated rings. The lowest BCUT2D eigenvalue weighted by Gasteiger charge is -2.33. The highest BCUT2D eigenvalue weighted by Crippen LogP contribution is 2.18. The van der Waals surface area contributed by atoms with E-state index in [1.54, 1.807) is 13.4 Å². The van der Waals surface area contributed by atoms with E-state index in [1.807, 2.05) is 12.1 Å². The van der Waals surface area contributed by atoms with E-state index in [-0.39, 0.29) is 24.0 Å². The third-order valence-corrected chi connectivity index (χ3v) is 5.66. The van der Waals surface area contributed by atoms with E-state index in [2.05, 4.69) is 15.5 Å². The number of likely N-dealkylation sites (tertiary alicyclic amines) is 1. The van der Waals surface area contributed by atoms with Gasteiger partial charge in [-0.1, -0.05) is 12.8 Å². The Morgan fingerprint density at radius 2 is 1.89 bits per heavy atom. The Kier molecular flexibility index (Phi) is 11.3. The van der Waals surface area contributed by atoms with Gasteiger partial charge in [-0.15, -0.1) is 24.0 Å². The van der Waals surface area contributed by atoms with E-state index in [4.69, 9.17) is 14.1 Å². The van der Waals surface area contributed by atoms with E-state index in [0.717, 1.165) is 57.3 Å². The smallest absolute Gasteiger partial charge is 0.191 e. The highest BCUT2D eigenvalue weighted by molar-refractivity contribution is 14.0. The van der Waals surface area contributed by atoms with Crippen molar-refractivity contribution in [1.82, 2.24) is 15.5 Å². The van der Waals surface area contributed by atoms with Crippen LogP contribution < -0.4 is 10.6 Å². The van der Waals surface area contributed by atoms with Crippen molar-refractivity contribution >= 4 is 29.9 Å². The van der Waals surface area contributed by atoms with Crippen molar-refractivity contribution < 1.29 is 9.15 Å².